The maximum Gasteiger partial charge on any atom is 0.231 e. The normalized spacial score (nSPS) is 18.1. The van der Waals surface area contributed by atoms with Gasteiger partial charge >= 0.3 is 0 Å². The maximum atomic E-state index is 14.1. The Morgan fingerprint density at radius 1 is 1.00 bits per heavy atom. The molecule has 0 aromatic heterocycles. The van der Waals surface area contributed by atoms with Crippen LogP contribution in [0, 0.1) is 23.4 Å². The molecule has 0 bridgehead atoms. The van der Waals surface area contributed by atoms with Gasteiger partial charge < -0.3 is 10.1 Å². The van der Waals surface area contributed by atoms with E-state index in [2.05, 4.69) is 10.1 Å². The van der Waals surface area contributed by atoms with Gasteiger partial charge in [0.15, 0.2) is 23.2 Å². The van der Waals surface area contributed by atoms with E-state index in [1.165, 1.54) is 42.5 Å². The van der Waals surface area contributed by atoms with Gasteiger partial charge in [-0.2, -0.15) is 0 Å². The van der Waals surface area contributed by atoms with Crippen molar-refractivity contribution in [2.24, 2.45) is 5.92 Å². The van der Waals surface area contributed by atoms with Gasteiger partial charge in [-0.15, -0.1) is 23.2 Å². The molecular formula is C25H17Cl3F3NO3. The number of Topliss-reactive ketones (excluding diaryl/α,β-unsaturated/α-hetero) is 1. The molecule has 1 amide bonds. The number of benzene rings is 3. The first-order chi connectivity index (χ1) is 16.5. The van der Waals surface area contributed by atoms with Crippen LogP contribution in [-0.2, 0) is 11.2 Å². The highest BCUT2D eigenvalue weighted by atomic mass is 35.5. The van der Waals surface area contributed by atoms with Crippen molar-refractivity contribution in [2.75, 3.05) is 12.4 Å². The first kappa shape index (κ1) is 25.4. The Hall–Kier alpha value is -2.74. The molecule has 4 rings (SSSR count). The molecule has 0 spiro atoms. The van der Waals surface area contributed by atoms with Crippen LogP contribution in [0.1, 0.15) is 27.4 Å². The third-order valence-electron chi connectivity index (χ3n) is 5.73. The van der Waals surface area contributed by atoms with Crippen molar-refractivity contribution in [3.63, 3.8) is 0 Å². The Labute approximate surface area is 213 Å². The minimum Gasteiger partial charge on any atom is -0.491 e. The second kappa shape index (κ2) is 9.72. The zero-order chi connectivity index (χ0) is 25.5. The van der Waals surface area contributed by atoms with E-state index in [1.807, 2.05) is 0 Å². The fourth-order valence-electron chi connectivity index (χ4n) is 3.94. The summed E-state index contributed by atoms with van der Waals surface area (Å²) < 4.78 is 44.5. The Kier molecular flexibility index (Phi) is 7.04. The van der Waals surface area contributed by atoms with Gasteiger partial charge in [-0.1, -0.05) is 23.7 Å². The van der Waals surface area contributed by atoms with Gasteiger partial charge in [0.2, 0.25) is 5.91 Å². The Morgan fingerprint density at radius 2 is 1.63 bits per heavy atom. The second-order valence-corrected chi connectivity index (χ2v) is 9.91. The van der Waals surface area contributed by atoms with Crippen LogP contribution in [0.25, 0.3) is 0 Å². The second-order valence-electron chi connectivity index (χ2n) is 8.06. The molecule has 2 unspecified atom stereocenters. The lowest BCUT2D eigenvalue weighted by molar-refractivity contribution is -0.117. The van der Waals surface area contributed by atoms with Crippen molar-refractivity contribution in [1.29, 1.82) is 0 Å². The van der Waals surface area contributed by atoms with E-state index in [4.69, 9.17) is 34.8 Å². The zero-order valence-electron chi connectivity index (χ0n) is 18.1. The average Bonchev–Trinajstić information content (AvgIpc) is 3.38. The minimum atomic E-state index is -1.59. The third-order valence-corrected chi connectivity index (χ3v) is 7.00. The number of anilines is 1. The van der Waals surface area contributed by atoms with Crippen LogP contribution < -0.4 is 10.1 Å². The van der Waals surface area contributed by atoms with Gasteiger partial charge in [0.25, 0.3) is 0 Å². The zero-order valence-corrected chi connectivity index (χ0v) is 20.3. The summed E-state index contributed by atoms with van der Waals surface area (Å²) in [6, 6.07) is 11.9. The van der Waals surface area contributed by atoms with E-state index in [-0.39, 0.29) is 34.0 Å². The molecule has 1 aliphatic carbocycles. The summed E-state index contributed by atoms with van der Waals surface area (Å²) in [5.74, 6) is -5.67. The molecule has 0 aliphatic heterocycles. The van der Waals surface area contributed by atoms with E-state index in [9.17, 15) is 22.8 Å². The molecule has 1 saturated carbocycles. The molecule has 35 heavy (non-hydrogen) atoms. The van der Waals surface area contributed by atoms with E-state index in [0.717, 1.165) is 19.2 Å². The number of methoxy groups -OCH3 is 1. The Balaban J connectivity index is 1.51. The van der Waals surface area contributed by atoms with E-state index in [0.29, 0.717) is 5.56 Å². The monoisotopic (exact) mass is 541 g/mol. The lowest BCUT2D eigenvalue weighted by atomic mass is 10.0. The predicted octanol–water partition coefficient (Wildman–Crippen LogP) is 6.72. The molecule has 2 atom stereocenters. The van der Waals surface area contributed by atoms with E-state index in [1.54, 1.807) is 0 Å². The fourth-order valence-corrected chi connectivity index (χ4v) is 4.99. The van der Waals surface area contributed by atoms with Gasteiger partial charge in [0.05, 0.1) is 18.1 Å². The number of alkyl halides is 2. The first-order valence-electron chi connectivity index (χ1n) is 10.3. The number of amides is 1. The fraction of sp³-hybridized carbons (Fsp3) is 0.200. The number of ether oxygens (including phenoxy) is 1. The summed E-state index contributed by atoms with van der Waals surface area (Å²) in [6.07, 6.45) is -0.0246. The number of hydrogen-bond donors (Lipinski definition) is 1. The van der Waals surface area contributed by atoms with Crippen molar-refractivity contribution < 1.29 is 27.5 Å². The predicted molar refractivity (Wildman–Crippen MR) is 128 cm³/mol. The minimum absolute atomic E-state index is 0.0246. The van der Waals surface area contributed by atoms with E-state index < -0.39 is 45.3 Å². The van der Waals surface area contributed by atoms with Crippen molar-refractivity contribution in [1.82, 2.24) is 0 Å². The van der Waals surface area contributed by atoms with Gasteiger partial charge in [0.1, 0.15) is 10.2 Å². The highest BCUT2D eigenvalue weighted by Crippen LogP contribution is 2.65. The van der Waals surface area contributed by atoms with E-state index >= 15 is 0 Å². The van der Waals surface area contributed by atoms with Crippen LogP contribution in [0.4, 0.5) is 18.9 Å². The number of ketones is 1. The van der Waals surface area contributed by atoms with Crippen LogP contribution >= 0.6 is 34.8 Å². The van der Waals surface area contributed by atoms with Crippen molar-refractivity contribution >= 4 is 52.2 Å². The molecule has 4 nitrogen and oxygen atoms in total. The molecular weight excluding hydrogens is 526 g/mol. The lowest BCUT2D eigenvalue weighted by Gasteiger charge is -2.10. The van der Waals surface area contributed by atoms with Crippen molar-refractivity contribution in [2.45, 2.75) is 16.7 Å². The summed E-state index contributed by atoms with van der Waals surface area (Å²) >= 11 is 18.7. The van der Waals surface area contributed by atoms with Crippen LogP contribution in [0.2, 0.25) is 5.02 Å². The van der Waals surface area contributed by atoms with Crippen LogP contribution in [-0.4, -0.2) is 23.1 Å². The molecule has 1 N–H and O–H groups in total. The van der Waals surface area contributed by atoms with Gasteiger partial charge in [-0.05, 0) is 53.6 Å². The average molecular weight is 543 g/mol. The summed E-state index contributed by atoms with van der Waals surface area (Å²) in [5.41, 5.74) is 1.11. The topological polar surface area (TPSA) is 55.4 Å². The Morgan fingerprint density at radius 3 is 2.23 bits per heavy atom. The van der Waals surface area contributed by atoms with Crippen molar-refractivity contribution in [3.05, 3.63) is 93.8 Å². The van der Waals surface area contributed by atoms with Crippen LogP contribution in [0.3, 0.4) is 0 Å². The summed E-state index contributed by atoms with van der Waals surface area (Å²) in [7, 11) is 1.13. The molecule has 10 heteroatoms. The molecule has 0 radical (unpaired) electrons. The summed E-state index contributed by atoms with van der Waals surface area (Å²) in [4.78, 5) is 25.7. The van der Waals surface area contributed by atoms with Gasteiger partial charge in [0, 0.05) is 23.6 Å². The highest BCUT2D eigenvalue weighted by molar-refractivity contribution is 6.53. The number of rotatable bonds is 7. The molecule has 1 fully saturated rings. The SMILES string of the molecule is COc1c(F)cc(C2C(C(=O)Nc3ccc(Cl)c(C(=O)Cc4ccc(F)cc4)c3)C2(Cl)Cl)cc1F. The number of halogens is 6. The van der Waals surface area contributed by atoms with Gasteiger partial charge in [-0.25, -0.2) is 13.2 Å². The molecule has 0 heterocycles. The maximum absolute atomic E-state index is 14.1. The standard InChI is InChI=1S/C25H17Cl3F3NO3/c1-35-23-18(30)9-13(10-19(23)31)21-22(25(21,27)28)24(34)32-15-6-7-17(26)16(11-15)20(33)8-12-2-4-14(29)5-3-12/h2-7,9-11,21-22H,8H2,1H3,(H,32,34). The smallest absolute Gasteiger partial charge is 0.231 e. The molecule has 1 aliphatic rings. The largest absolute Gasteiger partial charge is 0.491 e. The van der Waals surface area contributed by atoms with Crippen LogP contribution in [0.5, 0.6) is 5.75 Å². The summed E-state index contributed by atoms with van der Waals surface area (Å²) in [5, 5.41) is 2.80. The van der Waals surface area contributed by atoms with Gasteiger partial charge in [-0.3, -0.25) is 9.59 Å². The quantitative estimate of drug-likeness (QED) is 0.266. The summed E-state index contributed by atoms with van der Waals surface area (Å²) in [6.45, 7) is 0. The molecule has 3 aromatic carbocycles. The lowest BCUT2D eigenvalue weighted by Crippen LogP contribution is -2.17. The number of nitrogens with one attached hydrogen (secondary N) is 1. The Bertz CT molecular complexity index is 1290. The number of carbonyl (C=O) groups excluding carboxylic acids is 2. The highest BCUT2D eigenvalue weighted by Gasteiger charge is 2.67. The first-order valence-corrected chi connectivity index (χ1v) is 11.4. The number of carbonyl (C=O) groups is 2. The van der Waals surface area contributed by atoms with Crippen LogP contribution in [0.15, 0.2) is 54.6 Å². The van der Waals surface area contributed by atoms with Crippen molar-refractivity contribution in [3.8, 4) is 5.75 Å². The molecule has 0 saturated heterocycles. The number of hydrogen-bond acceptors (Lipinski definition) is 3. The molecule has 182 valence electrons. The molecule has 3 aromatic rings. The third kappa shape index (κ3) is 5.13.